The third kappa shape index (κ3) is 4.59. The topological polar surface area (TPSA) is 109 Å². The minimum atomic E-state index is -1.06. The number of hydrogen-bond donors (Lipinski definition) is 3. The number of nitrogens with one attached hydrogen (secondary N) is 1. The number of hydrogen-bond acceptors (Lipinski definition) is 4. The maximum atomic E-state index is 12.1. The summed E-state index contributed by atoms with van der Waals surface area (Å²) >= 11 is 0. The molecule has 0 amide bonds. The molecule has 0 aliphatic rings. The molecule has 1 heterocycles. The molecule has 7 heteroatoms. The van der Waals surface area contributed by atoms with Gasteiger partial charge in [0.05, 0.1) is 24.8 Å². The molecule has 4 aromatic carbocycles. The van der Waals surface area contributed by atoms with Gasteiger partial charge in [-0.1, -0.05) is 54.6 Å². The van der Waals surface area contributed by atoms with Crippen LogP contribution in [-0.2, 0) is 6.42 Å². The molecule has 0 aliphatic carbocycles. The van der Waals surface area contributed by atoms with Crippen molar-refractivity contribution in [2.75, 3.05) is 13.7 Å². The smallest absolute Gasteiger partial charge is 0.352 e. The van der Waals surface area contributed by atoms with Gasteiger partial charge >= 0.3 is 11.9 Å². The number of methoxy groups -OCH3 is 1. The van der Waals surface area contributed by atoms with Crippen molar-refractivity contribution in [3.8, 4) is 22.6 Å². The molecule has 37 heavy (non-hydrogen) atoms. The lowest BCUT2D eigenvalue weighted by atomic mass is 9.97. The molecular formula is C30H25NO6. The van der Waals surface area contributed by atoms with Crippen LogP contribution in [0.1, 0.15) is 32.8 Å². The van der Waals surface area contributed by atoms with Gasteiger partial charge in [-0.15, -0.1) is 0 Å². The Hall–Kier alpha value is -4.78. The normalized spacial score (nSPS) is 11.1. The molecule has 5 aromatic rings. The van der Waals surface area contributed by atoms with E-state index in [-0.39, 0.29) is 11.3 Å². The average Bonchev–Trinajstić information content (AvgIpc) is 3.30. The van der Waals surface area contributed by atoms with Gasteiger partial charge in [0.25, 0.3) is 0 Å². The third-order valence-electron chi connectivity index (χ3n) is 6.47. The summed E-state index contributed by atoms with van der Waals surface area (Å²) in [6, 6.07) is 24.1. The van der Waals surface area contributed by atoms with E-state index >= 15 is 0 Å². The molecule has 3 N–H and O–H groups in total. The van der Waals surface area contributed by atoms with Gasteiger partial charge in [-0.25, -0.2) is 9.59 Å². The van der Waals surface area contributed by atoms with Crippen LogP contribution in [0.2, 0.25) is 0 Å². The summed E-state index contributed by atoms with van der Waals surface area (Å²) in [7, 11) is 1.51. The molecule has 0 unspecified atom stereocenters. The number of carboxylic acids is 2. The van der Waals surface area contributed by atoms with Crippen LogP contribution in [0.25, 0.3) is 32.8 Å². The number of aryl methyl sites for hydroxylation is 1. The predicted molar refractivity (Wildman–Crippen MR) is 142 cm³/mol. The van der Waals surface area contributed by atoms with E-state index in [1.165, 1.54) is 19.2 Å². The Balaban J connectivity index is 1.46. The van der Waals surface area contributed by atoms with Crippen LogP contribution in [0, 0.1) is 0 Å². The molecule has 1 aromatic heterocycles. The van der Waals surface area contributed by atoms with Gasteiger partial charge in [0.1, 0.15) is 17.2 Å². The number of fused-ring (bicyclic) bond motifs is 2. The van der Waals surface area contributed by atoms with Crippen LogP contribution < -0.4 is 9.47 Å². The number of aromatic amines is 1. The summed E-state index contributed by atoms with van der Waals surface area (Å²) in [5.74, 6) is -0.823. The summed E-state index contributed by atoms with van der Waals surface area (Å²) < 4.78 is 11.5. The number of aromatic nitrogens is 1. The zero-order valence-corrected chi connectivity index (χ0v) is 20.2. The quantitative estimate of drug-likeness (QED) is 0.204. The Kier molecular flexibility index (Phi) is 6.51. The van der Waals surface area contributed by atoms with Crippen LogP contribution in [0.3, 0.4) is 0 Å². The molecule has 0 saturated carbocycles. The van der Waals surface area contributed by atoms with Crippen molar-refractivity contribution in [2.45, 2.75) is 12.8 Å². The van der Waals surface area contributed by atoms with Gasteiger partial charge in [0.15, 0.2) is 0 Å². The highest BCUT2D eigenvalue weighted by Gasteiger charge is 2.21. The first-order valence-electron chi connectivity index (χ1n) is 11.9. The first-order chi connectivity index (χ1) is 18.0. The second-order valence-electron chi connectivity index (χ2n) is 8.66. The maximum Gasteiger partial charge on any atom is 0.352 e. The molecule has 0 aliphatic heterocycles. The number of rotatable bonds is 9. The van der Waals surface area contributed by atoms with Crippen molar-refractivity contribution in [1.82, 2.24) is 4.98 Å². The Bertz CT molecular complexity index is 1630. The Morgan fingerprint density at radius 2 is 1.57 bits per heavy atom. The first-order valence-corrected chi connectivity index (χ1v) is 11.9. The first kappa shape index (κ1) is 23.9. The molecule has 186 valence electrons. The van der Waals surface area contributed by atoms with Crippen LogP contribution in [-0.4, -0.2) is 40.9 Å². The molecular weight excluding hydrogens is 470 g/mol. The lowest BCUT2D eigenvalue weighted by Crippen LogP contribution is -2.04. The number of para-hydroxylation sites is 1. The molecule has 0 saturated heterocycles. The zero-order chi connectivity index (χ0) is 25.9. The number of aromatic carboxylic acids is 2. The van der Waals surface area contributed by atoms with E-state index in [9.17, 15) is 19.8 Å². The molecule has 5 rings (SSSR count). The van der Waals surface area contributed by atoms with Crippen molar-refractivity contribution in [3.63, 3.8) is 0 Å². The van der Waals surface area contributed by atoms with E-state index in [0.717, 1.165) is 21.9 Å². The van der Waals surface area contributed by atoms with Gasteiger partial charge in [-0.05, 0) is 48.1 Å². The van der Waals surface area contributed by atoms with Gasteiger partial charge < -0.3 is 24.7 Å². The predicted octanol–water partition coefficient (Wildman–Crippen LogP) is 6.40. The van der Waals surface area contributed by atoms with Crippen molar-refractivity contribution in [3.05, 3.63) is 95.7 Å². The fourth-order valence-corrected chi connectivity index (χ4v) is 4.74. The Morgan fingerprint density at radius 1 is 0.811 bits per heavy atom. The van der Waals surface area contributed by atoms with Crippen molar-refractivity contribution in [1.29, 1.82) is 0 Å². The second-order valence-corrected chi connectivity index (χ2v) is 8.66. The molecule has 0 bridgehead atoms. The fourth-order valence-electron chi connectivity index (χ4n) is 4.74. The second kappa shape index (κ2) is 10.1. The van der Waals surface area contributed by atoms with E-state index in [2.05, 4.69) is 4.98 Å². The number of H-pyrrole nitrogens is 1. The summed E-state index contributed by atoms with van der Waals surface area (Å²) in [6.07, 6.45) is 1.10. The fraction of sp³-hybridized carbons (Fsp3) is 0.133. The summed E-state index contributed by atoms with van der Waals surface area (Å²) in [6.45, 7) is 0.425. The number of carbonyl (C=O) groups is 2. The number of ether oxygens (including phenoxy) is 2. The van der Waals surface area contributed by atoms with E-state index in [0.29, 0.717) is 47.4 Å². The summed E-state index contributed by atoms with van der Waals surface area (Å²) in [5, 5.41) is 22.3. The third-order valence-corrected chi connectivity index (χ3v) is 6.47. The number of benzene rings is 4. The molecule has 7 nitrogen and oxygen atoms in total. The van der Waals surface area contributed by atoms with E-state index in [4.69, 9.17) is 9.47 Å². The van der Waals surface area contributed by atoms with Crippen LogP contribution in [0.5, 0.6) is 11.5 Å². The summed E-state index contributed by atoms with van der Waals surface area (Å²) in [4.78, 5) is 26.8. The maximum absolute atomic E-state index is 12.1. The zero-order valence-electron chi connectivity index (χ0n) is 20.2. The van der Waals surface area contributed by atoms with Gasteiger partial charge in [0.2, 0.25) is 0 Å². The standard InChI is InChI=1S/C30H25NO6/c1-36-25-15-14-19(29(32)33)17-24(25)23-11-5-10-21-22(28(30(34)35)31-27(21)23)12-6-16-37-26-13-4-8-18-7-2-3-9-20(18)26/h2-5,7-11,13-15,17,31H,6,12,16H2,1H3,(H,32,33)(H,34,35). The van der Waals surface area contributed by atoms with E-state index in [1.807, 2.05) is 60.7 Å². The highest BCUT2D eigenvalue weighted by molar-refractivity contribution is 6.04. The highest BCUT2D eigenvalue weighted by atomic mass is 16.5. The van der Waals surface area contributed by atoms with Gasteiger partial charge in [-0.2, -0.15) is 0 Å². The highest BCUT2D eigenvalue weighted by Crippen LogP contribution is 2.37. The molecule has 0 fully saturated rings. The minimum absolute atomic E-state index is 0.112. The lowest BCUT2D eigenvalue weighted by Gasteiger charge is -2.11. The Labute approximate surface area is 212 Å². The van der Waals surface area contributed by atoms with Gasteiger partial charge in [-0.3, -0.25) is 0 Å². The van der Waals surface area contributed by atoms with Crippen molar-refractivity contribution < 1.29 is 29.3 Å². The Morgan fingerprint density at radius 3 is 2.35 bits per heavy atom. The van der Waals surface area contributed by atoms with Crippen LogP contribution >= 0.6 is 0 Å². The SMILES string of the molecule is COc1ccc(C(=O)O)cc1-c1cccc2c(CCCOc3cccc4ccccc34)c(C(=O)O)[nH]c12. The monoisotopic (exact) mass is 495 g/mol. The van der Waals surface area contributed by atoms with Crippen LogP contribution in [0.15, 0.2) is 78.9 Å². The van der Waals surface area contributed by atoms with E-state index < -0.39 is 11.9 Å². The van der Waals surface area contributed by atoms with Crippen LogP contribution in [0.4, 0.5) is 0 Å². The van der Waals surface area contributed by atoms with E-state index in [1.54, 1.807) is 6.07 Å². The molecule has 0 atom stereocenters. The summed E-state index contributed by atoms with van der Waals surface area (Å²) in [5.41, 5.74) is 2.75. The number of carboxylic acid groups (broad SMARTS) is 2. The average molecular weight is 496 g/mol. The molecule has 0 spiro atoms. The largest absolute Gasteiger partial charge is 0.496 e. The molecule has 0 radical (unpaired) electrons. The van der Waals surface area contributed by atoms with Crippen molar-refractivity contribution >= 4 is 33.6 Å². The van der Waals surface area contributed by atoms with Crippen molar-refractivity contribution in [2.24, 2.45) is 0 Å². The minimum Gasteiger partial charge on any atom is -0.496 e. The lowest BCUT2D eigenvalue weighted by molar-refractivity contribution is 0.0682. The van der Waals surface area contributed by atoms with Gasteiger partial charge in [0, 0.05) is 21.9 Å².